The summed E-state index contributed by atoms with van der Waals surface area (Å²) in [6, 6.07) is 7.83. The number of fused-ring (bicyclic) bond motifs is 1. The fourth-order valence-corrected chi connectivity index (χ4v) is 4.41. The molecule has 2 aromatic heterocycles. The minimum absolute atomic E-state index is 0.163. The van der Waals surface area contributed by atoms with Crippen molar-refractivity contribution in [1.29, 1.82) is 0 Å². The maximum absolute atomic E-state index is 12.8. The van der Waals surface area contributed by atoms with Crippen LogP contribution >= 0.6 is 0 Å². The zero-order valence-corrected chi connectivity index (χ0v) is 17.6. The third-order valence-electron chi connectivity index (χ3n) is 6.15. The fraction of sp³-hybridized carbons (Fsp3) is 0.348. The molecule has 1 N–H and O–H groups in total. The van der Waals surface area contributed by atoms with Crippen molar-refractivity contribution in [3.05, 3.63) is 76.5 Å². The molecule has 0 radical (unpaired) electrons. The number of ether oxygens (including phenoxy) is 1. The summed E-state index contributed by atoms with van der Waals surface area (Å²) in [4.78, 5) is 22.3. The Bertz CT molecular complexity index is 1150. The van der Waals surface area contributed by atoms with Crippen LogP contribution in [0.3, 0.4) is 0 Å². The molecule has 1 aromatic carbocycles. The molecular formula is C23H23F2N5O2. The molecule has 1 fully saturated rings. The number of benzene rings is 1. The van der Waals surface area contributed by atoms with E-state index < -0.39 is 6.43 Å². The Morgan fingerprint density at radius 2 is 2.12 bits per heavy atom. The van der Waals surface area contributed by atoms with Crippen LogP contribution in [-0.4, -0.2) is 45.0 Å². The van der Waals surface area contributed by atoms with E-state index in [0.29, 0.717) is 18.0 Å². The van der Waals surface area contributed by atoms with Crippen molar-refractivity contribution in [3.63, 3.8) is 0 Å². The van der Waals surface area contributed by atoms with Gasteiger partial charge in [-0.25, -0.2) is 23.5 Å². The molecule has 1 saturated heterocycles. The highest BCUT2D eigenvalue weighted by atomic mass is 19.3. The highest BCUT2D eigenvalue weighted by molar-refractivity contribution is 5.94. The van der Waals surface area contributed by atoms with Crippen LogP contribution in [0.2, 0.25) is 0 Å². The number of esters is 1. The van der Waals surface area contributed by atoms with Crippen LogP contribution in [-0.2, 0) is 17.9 Å². The van der Waals surface area contributed by atoms with Gasteiger partial charge >= 0.3 is 5.97 Å². The number of nitrogens with zero attached hydrogens (tertiary/aromatic N) is 4. The lowest BCUT2D eigenvalue weighted by molar-refractivity contribution is 0.0535. The van der Waals surface area contributed by atoms with Gasteiger partial charge in [-0.2, -0.15) is 0 Å². The maximum atomic E-state index is 12.8. The molecule has 32 heavy (non-hydrogen) atoms. The zero-order valence-electron chi connectivity index (χ0n) is 17.6. The minimum Gasteiger partial charge on any atom is -0.457 e. The molecule has 0 aliphatic carbocycles. The number of hydrogen-bond donors (Lipinski definition) is 1. The first-order valence-corrected chi connectivity index (χ1v) is 10.5. The van der Waals surface area contributed by atoms with Crippen LogP contribution in [0.25, 0.3) is 5.82 Å². The van der Waals surface area contributed by atoms with Crippen LogP contribution in [0.5, 0.6) is 0 Å². The standard InChI is InChI=1S/C23H23F2N5O2/c1-14-16(3-4-17-18(14)12-32-23(17)31)19-10-29(7-6-26-19)9-15-2-5-21(27-8-15)30-11-20(22(24)25)28-13-30/h2-5,8,11,13,19,22,26H,6-7,9-10,12H2,1H3/t19-/m0/s1. The molecule has 1 atom stereocenters. The van der Waals surface area contributed by atoms with Crippen molar-refractivity contribution >= 4 is 5.97 Å². The van der Waals surface area contributed by atoms with E-state index in [1.54, 1.807) is 6.20 Å². The molecule has 2 aliphatic heterocycles. The minimum atomic E-state index is -2.60. The van der Waals surface area contributed by atoms with Gasteiger partial charge in [0.05, 0.1) is 5.56 Å². The van der Waals surface area contributed by atoms with Gasteiger partial charge in [0.15, 0.2) is 0 Å². The molecule has 0 bridgehead atoms. The van der Waals surface area contributed by atoms with Crippen molar-refractivity contribution in [1.82, 2.24) is 24.8 Å². The number of alkyl halides is 2. The van der Waals surface area contributed by atoms with Gasteiger partial charge in [0.2, 0.25) is 0 Å². The number of rotatable bonds is 5. The number of nitrogens with one attached hydrogen (secondary N) is 1. The molecule has 5 rings (SSSR count). The number of carbonyl (C=O) groups excluding carboxylic acids is 1. The van der Waals surface area contributed by atoms with Crippen LogP contribution in [0.4, 0.5) is 8.78 Å². The molecule has 0 spiro atoms. The van der Waals surface area contributed by atoms with Gasteiger partial charge in [0.1, 0.15) is 24.4 Å². The van der Waals surface area contributed by atoms with Gasteiger partial charge in [-0.15, -0.1) is 0 Å². The number of halogens is 2. The number of piperazine rings is 1. The lowest BCUT2D eigenvalue weighted by Crippen LogP contribution is -2.45. The van der Waals surface area contributed by atoms with E-state index in [2.05, 4.69) is 27.1 Å². The van der Waals surface area contributed by atoms with Gasteiger partial charge in [-0.3, -0.25) is 9.47 Å². The first-order chi connectivity index (χ1) is 15.5. The number of hydrogen-bond acceptors (Lipinski definition) is 6. The van der Waals surface area contributed by atoms with E-state index in [-0.39, 0.29) is 17.7 Å². The van der Waals surface area contributed by atoms with Crippen LogP contribution in [0.1, 0.15) is 50.8 Å². The maximum Gasteiger partial charge on any atom is 0.338 e. The highest BCUT2D eigenvalue weighted by Gasteiger charge is 2.28. The summed E-state index contributed by atoms with van der Waals surface area (Å²) < 4.78 is 32.2. The second kappa shape index (κ2) is 8.40. The third-order valence-corrected chi connectivity index (χ3v) is 6.15. The summed E-state index contributed by atoms with van der Waals surface area (Å²) in [5.74, 6) is 0.307. The first-order valence-electron chi connectivity index (χ1n) is 10.5. The average Bonchev–Trinajstić information content (AvgIpc) is 3.43. The smallest absolute Gasteiger partial charge is 0.338 e. The van der Waals surface area contributed by atoms with E-state index in [1.165, 1.54) is 22.7 Å². The van der Waals surface area contributed by atoms with Gasteiger partial charge in [0.25, 0.3) is 6.43 Å². The molecule has 2 aliphatic rings. The Hall–Kier alpha value is -3.17. The number of carbonyl (C=O) groups is 1. The number of pyridine rings is 1. The summed E-state index contributed by atoms with van der Waals surface area (Å²) in [7, 11) is 0. The Morgan fingerprint density at radius 3 is 2.88 bits per heavy atom. The third kappa shape index (κ3) is 3.89. The second-order valence-corrected chi connectivity index (χ2v) is 8.16. The summed E-state index contributed by atoms with van der Waals surface area (Å²) in [6.45, 7) is 5.72. The molecule has 0 amide bonds. The molecule has 9 heteroatoms. The molecule has 3 aromatic rings. The van der Waals surface area contributed by atoms with Gasteiger partial charge in [0, 0.05) is 50.2 Å². The molecule has 4 heterocycles. The SMILES string of the molecule is Cc1c([C@@H]2CN(Cc3ccc(-n4cnc(C(F)F)c4)nc3)CCN2)ccc2c1COC2=O. The normalized spacial score (nSPS) is 18.8. The zero-order chi connectivity index (χ0) is 22.2. The topological polar surface area (TPSA) is 72.3 Å². The van der Waals surface area contributed by atoms with Gasteiger partial charge < -0.3 is 10.1 Å². The Morgan fingerprint density at radius 1 is 1.25 bits per heavy atom. The summed E-state index contributed by atoms with van der Waals surface area (Å²) in [5, 5.41) is 3.58. The predicted octanol–water partition coefficient (Wildman–Crippen LogP) is 3.33. The summed E-state index contributed by atoms with van der Waals surface area (Å²) in [6.07, 6.45) is 1.82. The fourth-order valence-electron chi connectivity index (χ4n) is 4.41. The van der Waals surface area contributed by atoms with E-state index in [4.69, 9.17) is 4.74 Å². The molecule has 0 unspecified atom stereocenters. The lowest BCUT2D eigenvalue weighted by Gasteiger charge is -2.34. The van der Waals surface area contributed by atoms with Crippen molar-refractivity contribution in [3.8, 4) is 5.82 Å². The van der Waals surface area contributed by atoms with Gasteiger partial charge in [-0.05, 0) is 35.7 Å². The van der Waals surface area contributed by atoms with E-state index in [1.807, 2.05) is 24.3 Å². The van der Waals surface area contributed by atoms with Crippen LogP contribution in [0.15, 0.2) is 43.0 Å². The highest BCUT2D eigenvalue weighted by Crippen LogP contribution is 2.30. The summed E-state index contributed by atoms with van der Waals surface area (Å²) in [5.41, 5.74) is 4.75. The van der Waals surface area contributed by atoms with E-state index >= 15 is 0 Å². The number of imidazole rings is 1. The van der Waals surface area contributed by atoms with Gasteiger partial charge in [-0.1, -0.05) is 12.1 Å². The Labute approximate surface area is 184 Å². The monoisotopic (exact) mass is 439 g/mol. The quantitative estimate of drug-likeness (QED) is 0.615. The molecular weight excluding hydrogens is 416 g/mol. The second-order valence-electron chi connectivity index (χ2n) is 8.16. The predicted molar refractivity (Wildman–Crippen MR) is 113 cm³/mol. The first kappa shape index (κ1) is 20.7. The van der Waals surface area contributed by atoms with Crippen LogP contribution < -0.4 is 5.32 Å². The Kier molecular flexibility index (Phi) is 5.44. The van der Waals surface area contributed by atoms with Crippen molar-refractivity contribution < 1.29 is 18.3 Å². The van der Waals surface area contributed by atoms with Crippen molar-refractivity contribution in [2.75, 3.05) is 19.6 Å². The van der Waals surface area contributed by atoms with Crippen molar-refractivity contribution in [2.45, 2.75) is 32.5 Å². The average molecular weight is 439 g/mol. The largest absolute Gasteiger partial charge is 0.457 e. The number of cyclic esters (lactones) is 1. The van der Waals surface area contributed by atoms with Crippen LogP contribution in [0, 0.1) is 6.92 Å². The lowest BCUT2D eigenvalue weighted by atomic mass is 9.93. The molecule has 7 nitrogen and oxygen atoms in total. The summed E-state index contributed by atoms with van der Waals surface area (Å²) >= 11 is 0. The molecule has 166 valence electrons. The van der Waals surface area contributed by atoms with Crippen molar-refractivity contribution in [2.24, 2.45) is 0 Å². The van der Waals surface area contributed by atoms with E-state index in [0.717, 1.165) is 42.9 Å². The Balaban J connectivity index is 1.27. The number of aromatic nitrogens is 3. The van der Waals surface area contributed by atoms with E-state index in [9.17, 15) is 13.6 Å². The molecule has 0 saturated carbocycles.